The zero-order valence-corrected chi connectivity index (χ0v) is 8.95. The molecular formula is C9H8N4O5. The van der Waals surface area contributed by atoms with Crippen molar-refractivity contribution in [3.8, 4) is 11.7 Å². The highest BCUT2D eigenvalue weighted by molar-refractivity contribution is 5.93. The van der Waals surface area contributed by atoms with Crippen LogP contribution in [0.3, 0.4) is 0 Å². The first-order valence-electron chi connectivity index (χ1n) is 4.77. The number of imide groups is 1. The van der Waals surface area contributed by atoms with Gasteiger partial charge in [0.05, 0.1) is 6.26 Å². The third kappa shape index (κ3) is 2.45. The molecule has 3 amide bonds. The Labute approximate surface area is 99.2 Å². The molecule has 9 heteroatoms. The highest BCUT2D eigenvalue weighted by atomic mass is 16.4. The monoisotopic (exact) mass is 252 g/mol. The van der Waals surface area contributed by atoms with Gasteiger partial charge in [-0.05, 0) is 12.1 Å². The van der Waals surface area contributed by atoms with Crippen LogP contribution in [0.1, 0.15) is 0 Å². The molecule has 0 aromatic carbocycles. The highest BCUT2D eigenvalue weighted by Crippen LogP contribution is 2.14. The molecule has 2 aromatic rings. The summed E-state index contributed by atoms with van der Waals surface area (Å²) in [5, 5.41) is 5.53. The Kier molecular flexibility index (Phi) is 2.96. The molecule has 0 spiro atoms. The third-order valence-corrected chi connectivity index (χ3v) is 1.89. The fraction of sp³-hybridized carbons (Fsp3) is 0.111. The summed E-state index contributed by atoms with van der Waals surface area (Å²) in [6.45, 7) is -0.480. The van der Waals surface area contributed by atoms with Gasteiger partial charge in [-0.1, -0.05) is 0 Å². The Hall–Kier alpha value is -2.84. The smallest absolute Gasteiger partial charge is 0.437 e. The number of nitrogens with two attached hydrogens (primary N) is 1. The van der Waals surface area contributed by atoms with E-state index in [2.05, 4.69) is 5.10 Å². The van der Waals surface area contributed by atoms with E-state index < -0.39 is 24.2 Å². The molecule has 0 unspecified atom stereocenters. The van der Waals surface area contributed by atoms with Crippen molar-refractivity contribution < 1.29 is 18.4 Å². The van der Waals surface area contributed by atoms with E-state index in [9.17, 15) is 14.4 Å². The van der Waals surface area contributed by atoms with Crippen LogP contribution in [0.5, 0.6) is 0 Å². The second-order valence-corrected chi connectivity index (χ2v) is 3.22. The molecule has 0 aliphatic rings. The average Bonchev–Trinajstić information content (AvgIpc) is 2.87. The molecule has 0 bridgehead atoms. The van der Waals surface area contributed by atoms with Crippen LogP contribution in [0.25, 0.3) is 11.7 Å². The number of hydrogen-bond donors (Lipinski definition) is 2. The maximum Gasteiger partial charge on any atom is 0.437 e. The predicted octanol–water partition coefficient (Wildman–Crippen LogP) is -0.709. The van der Waals surface area contributed by atoms with Crippen LogP contribution < -0.4 is 16.8 Å². The van der Waals surface area contributed by atoms with Gasteiger partial charge in [-0.25, -0.2) is 9.59 Å². The molecule has 2 rings (SSSR count). The summed E-state index contributed by atoms with van der Waals surface area (Å²) in [7, 11) is 0. The van der Waals surface area contributed by atoms with Gasteiger partial charge in [-0.3, -0.25) is 10.1 Å². The van der Waals surface area contributed by atoms with E-state index in [4.69, 9.17) is 14.6 Å². The molecule has 0 fully saturated rings. The van der Waals surface area contributed by atoms with E-state index in [-0.39, 0.29) is 11.7 Å². The van der Waals surface area contributed by atoms with Crippen LogP contribution in [-0.4, -0.2) is 21.7 Å². The fourth-order valence-corrected chi connectivity index (χ4v) is 1.22. The number of aromatic nitrogens is 2. The molecule has 0 aliphatic heterocycles. The van der Waals surface area contributed by atoms with Crippen LogP contribution in [0.2, 0.25) is 0 Å². The summed E-state index contributed by atoms with van der Waals surface area (Å²) in [4.78, 5) is 33.0. The highest BCUT2D eigenvalue weighted by Gasteiger charge is 2.15. The summed E-state index contributed by atoms with van der Waals surface area (Å²) < 4.78 is 10.5. The zero-order chi connectivity index (χ0) is 13.1. The maximum atomic E-state index is 11.4. The summed E-state index contributed by atoms with van der Waals surface area (Å²) in [6, 6.07) is 2.12. The first-order chi connectivity index (χ1) is 8.56. The van der Waals surface area contributed by atoms with Crippen LogP contribution in [-0.2, 0) is 11.3 Å². The number of nitrogens with one attached hydrogen (secondary N) is 1. The van der Waals surface area contributed by atoms with Crippen molar-refractivity contribution in [2.45, 2.75) is 6.54 Å². The van der Waals surface area contributed by atoms with Gasteiger partial charge in [-0.2, -0.15) is 4.68 Å². The molecule has 0 atom stereocenters. The van der Waals surface area contributed by atoms with Crippen molar-refractivity contribution in [1.29, 1.82) is 0 Å². The van der Waals surface area contributed by atoms with Gasteiger partial charge in [0.1, 0.15) is 6.54 Å². The number of furan rings is 1. The summed E-state index contributed by atoms with van der Waals surface area (Å²) >= 11 is 0. The number of primary amides is 1. The lowest BCUT2D eigenvalue weighted by Crippen LogP contribution is -2.38. The van der Waals surface area contributed by atoms with Crippen molar-refractivity contribution in [1.82, 2.24) is 15.1 Å². The SMILES string of the molecule is NC(=O)NC(=O)Cn1nc(-c2ccco2)oc1=O. The van der Waals surface area contributed by atoms with Crippen molar-refractivity contribution >= 4 is 11.9 Å². The number of rotatable bonds is 3. The predicted molar refractivity (Wildman–Crippen MR) is 56.2 cm³/mol. The van der Waals surface area contributed by atoms with Gasteiger partial charge < -0.3 is 14.6 Å². The normalized spacial score (nSPS) is 10.2. The summed E-state index contributed by atoms with van der Waals surface area (Å²) in [5.41, 5.74) is 4.75. The molecular weight excluding hydrogens is 244 g/mol. The summed E-state index contributed by atoms with van der Waals surface area (Å²) in [6.07, 6.45) is 1.38. The zero-order valence-electron chi connectivity index (χ0n) is 8.95. The van der Waals surface area contributed by atoms with Crippen LogP contribution >= 0.6 is 0 Å². The lowest BCUT2D eigenvalue weighted by atomic mass is 10.5. The fourth-order valence-electron chi connectivity index (χ4n) is 1.22. The molecule has 0 saturated heterocycles. The molecule has 94 valence electrons. The minimum absolute atomic E-state index is 0.0584. The number of hydrogen-bond acceptors (Lipinski definition) is 6. The van der Waals surface area contributed by atoms with E-state index in [0.29, 0.717) is 0 Å². The number of urea groups is 1. The largest absolute Gasteiger partial charge is 0.459 e. The van der Waals surface area contributed by atoms with Crippen molar-refractivity contribution in [3.05, 3.63) is 28.9 Å². The third-order valence-electron chi connectivity index (χ3n) is 1.89. The lowest BCUT2D eigenvalue weighted by molar-refractivity contribution is -0.120. The number of amides is 3. The first-order valence-corrected chi connectivity index (χ1v) is 4.77. The molecule has 18 heavy (non-hydrogen) atoms. The molecule has 9 nitrogen and oxygen atoms in total. The molecule has 2 heterocycles. The average molecular weight is 252 g/mol. The van der Waals surface area contributed by atoms with Crippen molar-refractivity contribution in [3.63, 3.8) is 0 Å². The number of nitrogens with zero attached hydrogens (tertiary/aromatic N) is 2. The Morgan fingerprint density at radius 2 is 2.28 bits per heavy atom. The van der Waals surface area contributed by atoms with Gasteiger partial charge in [-0.15, -0.1) is 5.10 Å². The van der Waals surface area contributed by atoms with Gasteiger partial charge in [0, 0.05) is 0 Å². The van der Waals surface area contributed by atoms with Crippen molar-refractivity contribution in [2.24, 2.45) is 5.73 Å². The van der Waals surface area contributed by atoms with E-state index in [1.807, 2.05) is 0 Å². The molecule has 2 aromatic heterocycles. The molecule has 0 radical (unpaired) electrons. The Morgan fingerprint density at radius 1 is 1.50 bits per heavy atom. The van der Waals surface area contributed by atoms with Crippen LogP contribution in [0.4, 0.5) is 4.79 Å². The summed E-state index contributed by atoms with van der Waals surface area (Å²) in [5.74, 6) is -1.43. The molecule has 3 N–H and O–H groups in total. The maximum absolute atomic E-state index is 11.4. The van der Waals surface area contributed by atoms with Crippen LogP contribution in [0, 0.1) is 0 Å². The van der Waals surface area contributed by atoms with Crippen molar-refractivity contribution in [2.75, 3.05) is 0 Å². The van der Waals surface area contributed by atoms with E-state index in [0.717, 1.165) is 4.68 Å². The Balaban J connectivity index is 2.18. The van der Waals surface area contributed by atoms with Gasteiger partial charge in [0.25, 0.3) is 5.89 Å². The second-order valence-electron chi connectivity index (χ2n) is 3.22. The van der Waals surface area contributed by atoms with E-state index in [1.54, 1.807) is 17.4 Å². The second kappa shape index (κ2) is 4.57. The van der Waals surface area contributed by atoms with Gasteiger partial charge >= 0.3 is 11.8 Å². The van der Waals surface area contributed by atoms with Crippen LogP contribution in [0.15, 0.2) is 32.0 Å². The molecule has 0 saturated carbocycles. The van der Waals surface area contributed by atoms with Gasteiger partial charge in [0.2, 0.25) is 5.91 Å². The lowest BCUT2D eigenvalue weighted by Gasteiger charge is -1.97. The topological polar surface area (TPSA) is 133 Å². The Bertz CT molecular complexity index is 624. The standard InChI is InChI=1S/C9H8N4O5/c10-8(15)11-6(14)4-13-9(16)18-7(12-13)5-2-1-3-17-5/h1-3H,4H2,(H3,10,11,14,15). The van der Waals surface area contributed by atoms with E-state index >= 15 is 0 Å². The van der Waals surface area contributed by atoms with E-state index in [1.165, 1.54) is 6.26 Å². The molecule has 0 aliphatic carbocycles. The minimum Gasteiger partial charge on any atom is -0.459 e. The first kappa shape index (κ1) is 11.6. The Morgan fingerprint density at radius 3 is 2.89 bits per heavy atom. The number of carbonyl (C=O) groups excluding carboxylic acids is 2. The number of carbonyl (C=O) groups is 2. The van der Waals surface area contributed by atoms with Gasteiger partial charge in [0.15, 0.2) is 5.76 Å². The minimum atomic E-state index is -1.01. The quantitative estimate of drug-likeness (QED) is 0.741.